The first-order valence-electron chi connectivity index (χ1n) is 11.9. The van der Waals surface area contributed by atoms with Gasteiger partial charge in [-0.15, -0.1) is 0 Å². The van der Waals surface area contributed by atoms with Crippen LogP contribution in [0.5, 0.6) is 17.2 Å². The number of methoxy groups -OCH3 is 1. The van der Waals surface area contributed by atoms with E-state index in [-0.39, 0.29) is 17.3 Å². The Bertz CT molecular complexity index is 1430. The number of nitrogens with one attached hydrogen (secondary N) is 2. The molecule has 3 aromatic rings. The molecule has 39 heavy (non-hydrogen) atoms. The Labute approximate surface area is 244 Å². The Morgan fingerprint density at radius 2 is 1.82 bits per heavy atom. The highest BCUT2D eigenvalue weighted by Gasteiger charge is 2.35. The number of carbonyl (C=O) groups is 3. The average Bonchev–Trinajstić information content (AvgIpc) is 3.16. The van der Waals surface area contributed by atoms with Gasteiger partial charge in [-0.3, -0.25) is 9.59 Å². The molecule has 0 radical (unpaired) electrons. The van der Waals surface area contributed by atoms with Crippen molar-refractivity contribution in [1.82, 2.24) is 10.2 Å². The van der Waals surface area contributed by atoms with Gasteiger partial charge in [-0.25, -0.2) is 9.69 Å². The van der Waals surface area contributed by atoms with Crippen LogP contribution < -0.4 is 24.8 Å². The van der Waals surface area contributed by atoms with Crippen LogP contribution in [0, 0.1) is 3.57 Å². The normalized spacial score (nSPS) is 13.8. The number of ether oxygens (including phenoxy) is 3. The van der Waals surface area contributed by atoms with Crippen molar-refractivity contribution in [1.29, 1.82) is 0 Å². The number of hydrogen-bond donors (Lipinski definition) is 2. The molecule has 4 amide bonds. The van der Waals surface area contributed by atoms with Gasteiger partial charge in [0.2, 0.25) is 5.91 Å². The summed E-state index contributed by atoms with van der Waals surface area (Å²) in [5, 5.41) is 5.44. The lowest BCUT2D eigenvalue weighted by atomic mass is 10.1. The average molecular weight is 662 g/mol. The minimum absolute atomic E-state index is 0.00355. The van der Waals surface area contributed by atoms with Crippen molar-refractivity contribution in [2.45, 2.75) is 13.5 Å². The minimum Gasteiger partial charge on any atom is -0.495 e. The summed E-state index contributed by atoms with van der Waals surface area (Å²) in [6.07, 6.45) is 1.47. The zero-order valence-electron chi connectivity index (χ0n) is 21.1. The van der Waals surface area contributed by atoms with Gasteiger partial charge in [0, 0.05) is 3.57 Å². The van der Waals surface area contributed by atoms with E-state index in [2.05, 4.69) is 33.2 Å². The third-order valence-electron chi connectivity index (χ3n) is 5.58. The highest BCUT2D eigenvalue weighted by Crippen LogP contribution is 2.38. The minimum atomic E-state index is -0.713. The Kier molecular flexibility index (Phi) is 9.31. The highest BCUT2D eigenvalue weighted by molar-refractivity contribution is 14.1. The number of urea groups is 1. The summed E-state index contributed by atoms with van der Waals surface area (Å²) >= 11 is 8.76. The Morgan fingerprint density at radius 3 is 2.54 bits per heavy atom. The Balaban J connectivity index is 1.49. The molecule has 0 aliphatic carbocycles. The van der Waals surface area contributed by atoms with Crippen LogP contribution in [0.3, 0.4) is 0 Å². The number of amides is 4. The number of benzene rings is 3. The number of anilines is 1. The van der Waals surface area contributed by atoms with Gasteiger partial charge in [-0.05, 0) is 83.1 Å². The lowest BCUT2D eigenvalue weighted by Crippen LogP contribution is -2.38. The number of imide groups is 1. The van der Waals surface area contributed by atoms with Gasteiger partial charge in [0.15, 0.2) is 11.5 Å². The molecule has 1 saturated heterocycles. The maximum atomic E-state index is 13.0. The summed E-state index contributed by atoms with van der Waals surface area (Å²) in [4.78, 5) is 38.8. The van der Waals surface area contributed by atoms with Gasteiger partial charge in [-0.2, -0.15) is 0 Å². The number of nitrogens with zero attached hydrogens (tertiary/aromatic N) is 1. The van der Waals surface area contributed by atoms with Gasteiger partial charge in [0.1, 0.15) is 24.6 Å². The number of halogens is 2. The lowest BCUT2D eigenvalue weighted by molar-refractivity contribution is -0.127. The summed E-state index contributed by atoms with van der Waals surface area (Å²) in [6.45, 7) is 2.01. The molecule has 11 heteroatoms. The smallest absolute Gasteiger partial charge is 0.329 e. The van der Waals surface area contributed by atoms with Crippen LogP contribution in [0.1, 0.15) is 18.1 Å². The maximum absolute atomic E-state index is 13.0. The van der Waals surface area contributed by atoms with Crippen LogP contribution in [-0.2, 0) is 16.2 Å². The molecule has 0 unspecified atom stereocenters. The van der Waals surface area contributed by atoms with Crippen molar-refractivity contribution in [3.8, 4) is 17.2 Å². The predicted octanol–water partition coefficient (Wildman–Crippen LogP) is 5.46. The summed E-state index contributed by atoms with van der Waals surface area (Å²) < 4.78 is 18.0. The largest absolute Gasteiger partial charge is 0.495 e. The zero-order valence-corrected chi connectivity index (χ0v) is 24.0. The van der Waals surface area contributed by atoms with E-state index < -0.39 is 24.4 Å². The van der Waals surface area contributed by atoms with Crippen molar-refractivity contribution >= 4 is 63.8 Å². The standard InChI is InChI=1S/C28H25ClIN3O6/c1-3-38-24-14-18(12-20(29)26(24)39-16-17-8-10-19(30)11-9-17)13-22-27(35)33(28(36)32-22)15-25(34)31-21-6-4-5-7-23(21)37-2/h4-14H,3,15-16H2,1-2H3,(H,31,34)(H,32,36)/b22-13+. The van der Waals surface area contributed by atoms with Crippen molar-refractivity contribution in [3.05, 3.63) is 86.1 Å². The molecule has 1 fully saturated rings. The second-order valence-corrected chi connectivity index (χ2v) is 9.96. The lowest BCUT2D eigenvalue weighted by Gasteiger charge is -2.15. The number of para-hydroxylation sites is 2. The van der Waals surface area contributed by atoms with Crippen LogP contribution >= 0.6 is 34.2 Å². The highest BCUT2D eigenvalue weighted by atomic mass is 127. The number of carbonyl (C=O) groups excluding carboxylic acids is 3. The first-order chi connectivity index (χ1) is 18.8. The molecule has 1 heterocycles. The molecule has 4 rings (SSSR count). The van der Waals surface area contributed by atoms with Crippen LogP contribution in [0.15, 0.2) is 66.4 Å². The van der Waals surface area contributed by atoms with Crippen LogP contribution in [0.25, 0.3) is 6.08 Å². The third kappa shape index (κ3) is 7.01. The van der Waals surface area contributed by atoms with E-state index in [4.69, 9.17) is 25.8 Å². The van der Waals surface area contributed by atoms with E-state index in [0.29, 0.717) is 35.1 Å². The van der Waals surface area contributed by atoms with Crippen LogP contribution in [0.4, 0.5) is 10.5 Å². The van der Waals surface area contributed by atoms with E-state index in [1.165, 1.54) is 13.2 Å². The zero-order chi connectivity index (χ0) is 27.9. The van der Waals surface area contributed by atoms with Gasteiger partial charge in [-0.1, -0.05) is 35.9 Å². The second-order valence-electron chi connectivity index (χ2n) is 8.31. The van der Waals surface area contributed by atoms with Crippen molar-refractivity contribution < 1.29 is 28.6 Å². The fourth-order valence-corrected chi connectivity index (χ4v) is 4.41. The fraction of sp³-hybridized carbons (Fsp3) is 0.179. The third-order valence-corrected chi connectivity index (χ3v) is 6.58. The van der Waals surface area contributed by atoms with E-state index >= 15 is 0 Å². The van der Waals surface area contributed by atoms with E-state index in [0.717, 1.165) is 14.0 Å². The molecule has 0 atom stereocenters. The quantitative estimate of drug-likeness (QED) is 0.170. The molecule has 0 bridgehead atoms. The molecule has 9 nitrogen and oxygen atoms in total. The van der Waals surface area contributed by atoms with Gasteiger partial charge < -0.3 is 24.8 Å². The molecule has 1 aliphatic heterocycles. The van der Waals surface area contributed by atoms with Crippen molar-refractivity contribution in [2.75, 3.05) is 25.6 Å². The van der Waals surface area contributed by atoms with Gasteiger partial charge in [0.25, 0.3) is 5.91 Å². The molecular formula is C28H25ClIN3O6. The maximum Gasteiger partial charge on any atom is 0.329 e. The number of rotatable bonds is 10. The van der Waals surface area contributed by atoms with Crippen molar-refractivity contribution in [3.63, 3.8) is 0 Å². The molecule has 3 aromatic carbocycles. The monoisotopic (exact) mass is 661 g/mol. The van der Waals surface area contributed by atoms with Gasteiger partial charge >= 0.3 is 6.03 Å². The summed E-state index contributed by atoms with van der Waals surface area (Å²) in [5.74, 6) is 0.0169. The first kappa shape index (κ1) is 28.2. The SMILES string of the molecule is CCOc1cc(/C=C2/NC(=O)N(CC(=O)Nc3ccccc3OC)C2=O)cc(Cl)c1OCc1ccc(I)cc1. The molecule has 0 saturated carbocycles. The van der Waals surface area contributed by atoms with E-state index in [1.54, 1.807) is 36.4 Å². The van der Waals surface area contributed by atoms with Gasteiger partial charge in [0.05, 0.1) is 24.4 Å². The topological polar surface area (TPSA) is 106 Å². The fourth-order valence-electron chi connectivity index (χ4n) is 3.77. The molecular weight excluding hydrogens is 637 g/mol. The molecule has 1 aliphatic rings. The van der Waals surface area contributed by atoms with Crippen molar-refractivity contribution in [2.24, 2.45) is 0 Å². The van der Waals surface area contributed by atoms with Crippen LogP contribution in [0.2, 0.25) is 5.02 Å². The molecule has 0 aromatic heterocycles. The summed E-state index contributed by atoms with van der Waals surface area (Å²) in [5.41, 5.74) is 1.90. The first-order valence-corrected chi connectivity index (χ1v) is 13.4. The Morgan fingerprint density at radius 1 is 1.08 bits per heavy atom. The van der Waals surface area contributed by atoms with E-state index in [9.17, 15) is 14.4 Å². The molecule has 2 N–H and O–H groups in total. The Hall–Kier alpha value is -3.77. The summed E-state index contributed by atoms with van der Waals surface area (Å²) in [6, 6.07) is 17.3. The number of hydrogen-bond acceptors (Lipinski definition) is 6. The molecule has 0 spiro atoms. The molecule has 202 valence electrons. The second kappa shape index (κ2) is 12.9. The predicted molar refractivity (Wildman–Crippen MR) is 156 cm³/mol. The van der Waals surface area contributed by atoms with E-state index in [1.807, 2.05) is 31.2 Å². The summed E-state index contributed by atoms with van der Waals surface area (Å²) in [7, 11) is 1.48. The van der Waals surface area contributed by atoms with Crippen LogP contribution in [-0.4, -0.2) is 43.0 Å².